The summed E-state index contributed by atoms with van der Waals surface area (Å²) in [7, 11) is 0. The van der Waals surface area contributed by atoms with Gasteiger partial charge in [-0.05, 0) is 104 Å². The highest BCUT2D eigenvalue weighted by Gasteiger charge is 2.19. The molecular formula is C48H34N2. The zero-order valence-corrected chi connectivity index (χ0v) is 27.8. The van der Waals surface area contributed by atoms with Crippen molar-refractivity contribution < 1.29 is 0 Å². The monoisotopic (exact) mass is 638 g/mol. The van der Waals surface area contributed by atoms with Crippen LogP contribution in [0.15, 0.2) is 176 Å². The summed E-state index contributed by atoms with van der Waals surface area (Å²) >= 11 is 0. The molecule has 1 heterocycles. The van der Waals surface area contributed by atoms with E-state index in [-0.39, 0.29) is 0 Å². The molecule has 2 heteroatoms. The molecule has 10 rings (SSSR count). The highest BCUT2D eigenvalue weighted by atomic mass is 15.1. The van der Waals surface area contributed by atoms with E-state index in [1.807, 2.05) is 0 Å². The van der Waals surface area contributed by atoms with Crippen LogP contribution in [0.5, 0.6) is 0 Å². The van der Waals surface area contributed by atoms with Gasteiger partial charge in [-0.25, -0.2) is 0 Å². The van der Waals surface area contributed by atoms with Gasteiger partial charge in [-0.3, -0.25) is 0 Å². The summed E-state index contributed by atoms with van der Waals surface area (Å²) in [6.45, 7) is 3.17. The van der Waals surface area contributed by atoms with E-state index in [1.165, 1.54) is 76.0 Å². The van der Waals surface area contributed by atoms with Crippen LogP contribution in [0.1, 0.15) is 6.92 Å². The number of rotatable bonds is 5. The zero-order valence-electron chi connectivity index (χ0n) is 27.8. The van der Waals surface area contributed by atoms with Gasteiger partial charge in [-0.15, -0.1) is 0 Å². The van der Waals surface area contributed by atoms with Crippen molar-refractivity contribution in [2.75, 3.05) is 4.90 Å². The van der Waals surface area contributed by atoms with Crippen molar-refractivity contribution in [2.45, 2.75) is 13.5 Å². The van der Waals surface area contributed by atoms with Gasteiger partial charge in [0.05, 0.1) is 5.69 Å². The second-order valence-electron chi connectivity index (χ2n) is 13.2. The minimum Gasteiger partial charge on any atom is -0.341 e. The van der Waals surface area contributed by atoms with E-state index in [9.17, 15) is 0 Å². The van der Waals surface area contributed by atoms with Crippen molar-refractivity contribution in [1.29, 1.82) is 0 Å². The van der Waals surface area contributed by atoms with Crippen molar-refractivity contribution in [1.82, 2.24) is 4.57 Å². The first kappa shape index (κ1) is 28.6. The summed E-state index contributed by atoms with van der Waals surface area (Å²) in [5.74, 6) is 0. The Kier molecular flexibility index (Phi) is 6.50. The van der Waals surface area contributed by atoms with E-state index in [1.54, 1.807) is 0 Å². The Balaban J connectivity index is 1.25. The number of benzene rings is 9. The second kappa shape index (κ2) is 11.4. The van der Waals surface area contributed by atoms with Crippen LogP contribution >= 0.6 is 0 Å². The van der Waals surface area contributed by atoms with Gasteiger partial charge < -0.3 is 9.47 Å². The molecular weight excluding hydrogens is 605 g/mol. The second-order valence-corrected chi connectivity index (χ2v) is 13.2. The topological polar surface area (TPSA) is 8.17 Å². The van der Waals surface area contributed by atoms with Gasteiger partial charge in [-0.2, -0.15) is 0 Å². The summed E-state index contributed by atoms with van der Waals surface area (Å²) < 4.78 is 2.46. The maximum Gasteiger partial charge on any atom is 0.0540 e. The zero-order chi connectivity index (χ0) is 33.2. The van der Waals surface area contributed by atoms with E-state index in [0.29, 0.717) is 0 Å². The molecule has 1 aromatic heterocycles. The number of hydrogen-bond donors (Lipinski definition) is 0. The third-order valence-electron chi connectivity index (χ3n) is 10.5. The van der Waals surface area contributed by atoms with Crippen LogP contribution in [0.25, 0.3) is 76.0 Å². The lowest BCUT2D eigenvalue weighted by atomic mass is 9.92. The van der Waals surface area contributed by atoms with Crippen molar-refractivity contribution in [3.63, 3.8) is 0 Å². The van der Waals surface area contributed by atoms with E-state index in [0.717, 1.165) is 23.6 Å². The molecule has 0 N–H and O–H groups in total. The molecule has 236 valence electrons. The largest absolute Gasteiger partial charge is 0.341 e. The van der Waals surface area contributed by atoms with Crippen molar-refractivity contribution >= 4 is 82.0 Å². The Hall–Kier alpha value is -6.38. The fraction of sp³-hybridized carbons (Fsp3) is 0.0417. The number of aromatic nitrogens is 1. The SMILES string of the molecule is CCn1c2ccccc2c2cc3c4ccc(N(c5ccc(-c6ccccc6)cc5)c5cccc6ccccc56)cc4c4ccccc4c3cc21. The maximum atomic E-state index is 2.46. The molecule has 0 fully saturated rings. The van der Waals surface area contributed by atoms with Crippen molar-refractivity contribution in [3.8, 4) is 11.1 Å². The van der Waals surface area contributed by atoms with Crippen LogP contribution in [0.2, 0.25) is 0 Å². The van der Waals surface area contributed by atoms with Gasteiger partial charge in [0.2, 0.25) is 0 Å². The number of nitrogens with zero attached hydrogens (tertiary/aromatic N) is 2. The summed E-state index contributed by atoms with van der Waals surface area (Å²) in [5, 5.41) is 12.7. The molecule has 0 aliphatic heterocycles. The van der Waals surface area contributed by atoms with E-state index < -0.39 is 0 Å². The molecule has 0 saturated heterocycles. The van der Waals surface area contributed by atoms with Crippen LogP contribution in [-0.2, 0) is 6.54 Å². The molecule has 2 nitrogen and oxygen atoms in total. The molecule has 0 saturated carbocycles. The summed E-state index contributed by atoms with van der Waals surface area (Å²) in [4.78, 5) is 2.42. The number of hydrogen-bond acceptors (Lipinski definition) is 1. The number of aryl methyl sites for hydroxylation is 1. The van der Waals surface area contributed by atoms with E-state index >= 15 is 0 Å². The average Bonchev–Trinajstić information content (AvgIpc) is 3.50. The van der Waals surface area contributed by atoms with Gasteiger partial charge in [0.1, 0.15) is 0 Å². The molecule has 0 bridgehead atoms. The van der Waals surface area contributed by atoms with E-state index in [2.05, 4.69) is 192 Å². The fourth-order valence-electron chi connectivity index (χ4n) is 8.23. The smallest absolute Gasteiger partial charge is 0.0540 e. The van der Waals surface area contributed by atoms with Crippen LogP contribution < -0.4 is 4.90 Å². The normalized spacial score (nSPS) is 11.8. The number of anilines is 3. The van der Waals surface area contributed by atoms with Gasteiger partial charge in [-0.1, -0.05) is 127 Å². The predicted octanol–water partition coefficient (Wildman–Crippen LogP) is 13.6. The molecule has 9 aromatic carbocycles. The first-order chi connectivity index (χ1) is 24.8. The van der Waals surface area contributed by atoms with Crippen LogP contribution in [-0.4, -0.2) is 4.57 Å². The first-order valence-corrected chi connectivity index (χ1v) is 17.5. The van der Waals surface area contributed by atoms with Crippen molar-refractivity contribution in [2.24, 2.45) is 0 Å². The van der Waals surface area contributed by atoms with Crippen LogP contribution in [0, 0.1) is 0 Å². The molecule has 0 atom stereocenters. The fourth-order valence-corrected chi connectivity index (χ4v) is 8.23. The van der Waals surface area contributed by atoms with Crippen LogP contribution in [0.3, 0.4) is 0 Å². The molecule has 0 unspecified atom stereocenters. The van der Waals surface area contributed by atoms with Gasteiger partial charge >= 0.3 is 0 Å². The van der Waals surface area contributed by atoms with E-state index in [4.69, 9.17) is 0 Å². The molecule has 0 aliphatic rings. The predicted molar refractivity (Wildman–Crippen MR) is 215 cm³/mol. The highest BCUT2D eigenvalue weighted by molar-refractivity contribution is 6.29. The lowest BCUT2D eigenvalue weighted by Crippen LogP contribution is -2.10. The Morgan fingerprint density at radius 2 is 0.960 bits per heavy atom. The summed E-state index contributed by atoms with van der Waals surface area (Å²) in [6, 6.07) is 64.6. The molecule has 50 heavy (non-hydrogen) atoms. The van der Waals surface area contributed by atoms with Gasteiger partial charge in [0.15, 0.2) is 0 Å². The Labute approximate surface area is 291 Å². The molecule has 0 aliphatic carbocycles. The Morgan fingerprint density at radius 1 is 0.380 bits per heavy atom. The quantitative estimate of drug-likeness (QED) is 0.170. The lowest BCUT2D eigenvalue weighted by Gasteiger charge is -2.27. The Morgan fingerprint density at radius 3 is 1.74 bits per heavy atom. The van der Waals surface area contributed by atoms with Gasteiger partial charge in [0.25, 0.3) is 0 Å². The standard InChI is InChI=1S/C48H34N2/c1-2-49-46-21-11-10-20-41(46)45-30-43-40-28-27-36(29-42(40)38-18-8-9-19-39(38)44(43)31-48(45)49)50(47-22-12-16-34-15-6-7-17-37(34)47)35-25-23-33(24-26-35)32-13-4-3-5-14-32/h3-31H,2H2,1H3. The summed E-state index contributed by atoms with van der Waals surface area (Å²) in [5.41, 5.74) is 8.43. The molecule has 0 amide bonds. The average molecular weight is 639 g/mol. The first-order valence-electron chi connectivity index (χ1n) is 17.5. The molecule has 10 aromatic rings. The van der Waals surface area contributed by atoms with Crippen molar-refractivity contribution in [3.05, 3.63) is 176 Å². The highest BCUT2D eigenvalue weighted by Crippen LogP contribution is 2.44. The minimum absolute atomic E-state index is 0.931. The minimum atomic E-state index is 0.931. The maximum absolute atomic E-state index is 2.46. The van der Waals surface area contributed by atoms with Crippen LogP contribution in [0.4, 0.5) is 17.1 Å². The lowest BCUT2D eigenvalue weighted by molar-refractivity contribution is 0.827. The van der Waals surface area contributed by atoms with Gasteiger partial charge in [0, 0.05) is 45.1 Å². The molecule has 0 spiro atoms. The third-order valence-corrected chi connectivity index (χ3v) is 10.5. The number of para-hydroxylation sites is 1. The number of fused-ring (bicyclic) bond motifs is 10. The third kappa shape index (κ3) is 4.35. The summed E-state index contributed by atoms with van der Waals surface area (Å²) in [6.07, 6.45) is 0. The Bertz CT molecular complexity index is 2890. The molecule has 0 radical (unpaired) electrons.